The molecule has 19 heavy (non-hydrogen) atoms. The second-order valence-corrected chi connectivity index (χ2v) is 5.78. The lowest BCUT2D eigenvalue weighted by Gasteiger charge is -2.41. The van der Waals surface area contributed by atoms with E-state index in [9.17, 15) is 4.79 Å². The average molecular weight is 265 g/mol. The molecule has 0 bridgehead atoms. The number of nitrogens with zero attached hydrogens (tertiary/aromatic N) is 2. The van der Waals surface area contributed by atoms with Crippen LogP contribution in [0.2, 0.25) is 0 Å². The van der Waals surface area contributed by atoms with Crippen molar-refractivity contribution in [1.29, 1.82) is 5.26 Å². The maximum Gasteiger partial charge on any atom is 0.229 e. The zero-order valence-corrected chi connectivity index (χ0v) is 12.5. The molecule has 0 spiro atoms. The number of nitriles is 1. The van der Waals surface area contributed by atoms with E-state index in [0.717, 1.165) is 38.8 Å². The third-order valence-corrected chi connectivity index (χ3v) is 4.09. The summed E-state index contributed by atoms with van der Waals surface area (Å²) in [6.07, 6.45) is 4.27. The molecule has 1 N–H and O–H groups in total. The van der Waals surface area contributed by atoms with Crippen molar-refractivity contribution in [2.75, 3.05) is 19.6 Å². The molecule has 1 fully saturated rings. The Morgan fingerprint density at radius 1 is 1.42 bits per heavy atom. The maximum atomic E-state index is 12.9. The van der Waals surface area contributed by atoms with Gasteiger partial charge in [0.1, 0.15) is 0 Å². The number of hydrogen-bond acceptors (Lipinski definition) is 3. The summed E-state index contributed by atoms with van der Waals surface area (Å²) in [6, 6.07) is 2.32. The number of amides is 1. The fourth-order valence-corrected chi connectivity index (χ4v) is 3.02. The first-order valence-corrected chi connectivity index (χ1v) is 7.46. The van der Waals surface area contributed by atoms with Gasteiger partial charge in [0, 0.05) is 12.6 Å². The van der Waals surface area contributed by atoms with Gasteiger partial charge in [0.15, 0.2) is 0 Å². The van der Waals surface area contributed by atoms with Gasteiger partial charge in [0.25, 0.3) is 0 Å². The van der Waals surface area contributed by atoms with E-state index >= 15 is 0 Å². The Morgan fingerprint density at radius 3 is 2.53 bits per heavy atom. The highest BCUT2D eigenvalue weighted by atomic mass is 16.2. The summed E-state index contributed by atoms with van der Waals surface area (Å²) in [5.74, 6) is 0.265. The molecule has 0 radical (unpaired) electrons. The topological polar surface area (TPSA) is 56.1 Å². The van der Waals surface area contributed by atoms with Crippen molar-refractivity contribution >= 4 is 5.91 Å². The fourth-order valence-electron chi connectivity index (χ4n) is 3.02. The smallest absolute Gasteiger partial charge is 0.229 e. The fraction of sp³-hybridized carbons (Fsp3) is 0.867. The Bertz CT molecular complexity index is 321. The van der Waals surface area contributed by atoms with E-state index in [1.54, 1.807) is 0 Å². The van der Waals surface area contributed by atoms with Gasteiger partial charge in [-0.05, 0) is 46.2 Å². The van der Waals surface area contributed by atoms with Gasteiger partial charge in [0.05, 0.1) is 17.9 Å². The minimum absolute atomic E-state index is 0.171. The molecular formula is C15H27N3O. The van der Waals surface area contributed by atoms with Crippen LogP contribution in [0.25, 0.3) is 0 Å². The highest BCUT2D eigenvalue weighted by Crippen LogP contribution is 2.36. The van der Waals surface area contributed by atoms with Crippen LogP contribution in [0.3, 0.4) is 0 Å². The monoisotopic (exact) mass is 265 g/mol. The molecule has 108 valence electrons. The number of carbonyl (C=O) groups is 1. The van der Waals surface area contributed by atoms with Crippen LogP contribution in [0.15, 0.2) is 0 Å². The van der Waals surface area contributed by atoms with Gasteiger partial charge in [-0.1, -0.05) is 13.3 Å². The van der Waals surface area contributed by atoms with E-state index in [1.807, 2.05) is 18.7 Å². The summed E-state index contributed by atoms with van der Waals surface area (Å²) < 4.78 is 0. The summed E-state index contributed by atoms with van der Waals surface area (Å²) in [7, 11) is 0. The van der Waals surface area contributed by atoms with E-state index in [2.05, 4.69) is 18.3 Å². The van der Waals surface area contributed by atoms with Crippen LogP contribution in [-0.4, -0.2) is 36.5 Å². The summed E-state index contributed by atoms with van der Waals surface area (Å²) in [5, 5.41) is 12.1. The lowest BCUT2D eigenvalue weighted by molar-refractivity contribution is -0.146. The van der Waals surface area contributed by atoms with Crippen molar-refractivity contribution in [2.24, 2.45) is 5.41 Å². The number of piperidine rings is 1. The summed E-state index contributed by atoms with van der Waals surface area (Å²) in [4.78, 5) is 14.9. The molecule has 0 aromatic carbocycles. The second kappa shape index (κ2) is 7.49. The lowest BCUT2D eigenvalue weighted by atomic mass is 9.74. The Morgan fingerprint density at radius 2 is 2.05 bits per heavy atom. The molecule has 1 aliphatic rings. The molecule has 0 aromatic heterocycles. The molecule has 1 rings (SSSR count). The Hall–Kier alpha value is -1.08. The molecule has 0 unspecified atom stereocenters. The van der Waals surface area contributed by atoms with Crippen LogP contribution in [0.5, 0.6) is 0 Å². The van der Waals surface area contributed by atoms with E-state index < -0.39 is 0 Å². The maximum absolute atomic E-state index is 12.9. The van der Waals surface area contributed by atoms with Crippen LogP contribution in [0.4, 0.5) is 0 Å². The normalized spacial score (nSPS) is 18.1. The van der Waals surface area contributed by atoms with Crippen molar-refractivity contribution < 1.29 is 4.79 Å². The highest BCUT2D eigenvalue weighted by molar-refractivity contribution is 5.83. The van der Waals surface area contributed by atoms with Gasteiger partial charge >= 0.3 is 0 Å². The van der Waals surface area contributed by atoms with Crippen molar-refractivity contribution in [3.8, 4) is 6.07 Å². The summed E-state index contributed by atoms with van der Waals surface area (Å²) >= 11 is 0. The predicted molar refractivity (Wildman–Crippen MR) is 76.5 cm³/mol. The Balaban J connectivity index is 2.86. The number of hydrogen-bond donors (Lipinski definition) is 1. The SMILES string of the molecule is CCCC1(C(=O)N(CCC#N)C(C)C)CCNCC1. The molecule has 4 heteroatoms. The molecule has 1 saturated heterocycles. The molecule has 0 atom stereocenters. The second-order valence-electron chi connectivity index (χ2n) is 5.78. The third kappa shape index (κ3) is 3.94. The van der Waals surface area contributed by atoms with Crippen molar-refractivity contribution in [1.82, 2.24) is 10.2 Å². The Kier molecular flexibility index (Phi) is 6.30. The van der Waals surface area contributed by atoms with Crippen molar-refractivity contribution in [2.45, 2.75) is 58.9 Å². The summed E-state index contributed by atoms with van der Waals surface area (Å²) in [5.41, 5.74) is -0.195. The van der Waals surface area contributed by atoms with E-state index in [-0.39, 0.29) is 17.4 Å². The van der Waals surface area contributed by atoms with Gasteiger partial charge in [-0.15, -0.1) is 0 Å². The summed E-state index contributed by atoms with van der Waals surface area (Å²) in [6.45, 7) is 8.63. The van der Waals surface area contributed by atoms with Crippen LogP contribution in [-0.2, 0) is 4.79 Å². The van der Waals surface area contributed by atoms with Crippen LogP contribution in [0.1, 0.15) is 52.9 Å². The van der Waals surface area contributed by atoms with E-state index in [1.165, 1.54) is 0 Å². The van der Waals surface area contributed by atoms with Crippen molar-refractivity contribution in [3.63, 3.8) is 0 Å². The first-order chi connectivity index (χ1) is 9.07. The minimum Gasteiger partial charge on any atom is -0.339 e. The molecule has 1 amide bonds. The largest absolute Gasteiger partial charge is 0.339 e. The van der Waals surface area contributed by atoms with E-state index in [0.29, 0.717) is 13.0 Å². The van der Waals surface area contributed by atoms with Gasteiger partial charge in [-0.2, -0.15) is 5.26 Å². The quantitative estimate of drug-likeness (QED) is 0.801. The minimum atomic E-state index is -0.195. The zero-order chi connectivity index (χ0) is 14.3. The number of carbonyl (C=O) groups excluding carboxylic acids is 1. The average Bonchev–Trinajstić information content (AvgIpc) is 2.40. The van der Waals surface area contributed by atoms with Crippen LogP contribution >= 0.6 is 0 Å². The number of nitrogens with one attached hydrogen (secondary N) is 1. The van der Waals surface area contributed by atoms with Crippen molar-refractivity contribution in [3.05, 3.63) is 0 Å². The molecule has 4 nitrogen and oxygen atoms in total. The lowest BCUT2D eigenvalue weighted by Crippen LogP contribution is -2.51. The van der Waals surface area contributed by atoms with Gasteiger partial charge in [-0.3, -0.25) is 4.79 Å². The first kappa shape index (κ1) is 16.0. The molecule has 0 aromatic rings. The first-order valence-electron chi connectivity index (χ1n) is 7.46. The van der Waals surface area contributed by atoms with Crippen LogP contribution < -0.4 is 5.32 Å². The van der Waals surface area contributed by atoms with E-state index in [4.69, 9.17) is 5.26 Å². The highest BCUT2D eigenvalue weighted by Gasteiger charge is 2.41. The van der Waals surface area contributed by atoms with Gasteiger partial charge < -0.3 is 10.2 Å². The predicted octanol–water partition coefficient (Wildman–Crippen LogP) is 2.31. The third-order valence-electron chi connectivity index (χ3n) is 4.09. The van der Waals surface area contributed by atoms with Gasteiger partial charge in [-0.25, -0.2) is 0 Å². The molecule has 0 saturated carbocycles. The molecule has 1 heterocycles. The van der Waals surface area contributed by atoms with Crippen LogP contribution in [0, 0.1) is 16.7 Å². The molecule has 1 aliphatic heterocycles. The number of rotatable bonds is 6. The standard InChI is InChI=1S/C15H27N3O/c1-4-6-15(7-10-17-11-8-15)14(19)18(13(2)3)12-5-9-16/h13,17H,4-8,10-12H2,1-3H3. The molecule has 0 aliphatic carbocycles. The zero-order valence-electron chi connectivity index (χ0n) is 12.5. The van der Waals surface area contributed by atoms with Gasteiger partial charge in [0.2, 0.25) is 5.91 Å². The molecular weight excluding hydrogens is 238 g/mol. The Labute approximate surface area is 117 Å².